The molecule has 0 aliphatic carbocycles. The highest BCUT2D eigenvalue weighted by Gasteiger charge is 2.13. The lowest BCUT2D eigenvalue weighted by Crippen LogP contribution is -2.26. The molecule has 0 spiro atoms. The largest absolute Gasteiger partial charge is 0.351 e. The molecule has 4 heteroatoms. The van der Waals surface area contributed by atoms with E-state index in [9.17, 15) is 4.79 Å². The van der Waals surface area contributed by atoms with Gasteiger partial charge >= 0.3 is 0 Å². The molecule has 3 rings (SSSR count). The zero-order chi connectivity index (χ0) is 17.5. The van der Waals surface area contributed by atoms with Crippen LogP contribution >= 0.6 is 11.8 Å². The van der Waals surface area contributed by atoms with Crippen LogP contribution in [0.1, 0.15) is 29.5 Å². The fraction of sp³-hybridized carbons (Fsp3) is 0.381. The van der Waals surface area contributed by atoms with Crippen molar-refractivity contribution in [1.29, 1.82) is 0 Å². The number of aryl methyl sites for hydroxylation is 1. The molecule has 1 saturated heterocycles. The summed E-state index contributed by atoms with van der Waals surface area (Å²) in [7, 11) is 0. The summed E-state index contributed by atoms with van der Waals surface area (Å²) in [4.78, 5) is 15.8. The summed E-state index contributed by atoms with van der Waals surface area (Å²) in [6.07, 6.45) is 2.60. The fourth-order valence-electron chi connectivity index (χ4n) is 3.09. The minimum atomic E-state index is 0.0848. The first-order chi connectivity index (χ1) is 12.2. The van der Waals surface area contributed by atoms with Gasteiger partial charge in [-0.15, -0.1) is 11.8 Å². The molecule has 2 aromatic carbocycles. The van der Waals surface area contributed by atoms with Crippen molar-refractivity contribution >= 4 is 17.7 Å². The molecule has 0 saturated carbocycles. The summed E-state index contributed by atoms with van der Waals surface area (Å²) in [5.41, 5.74) is 3.79. The Labute approximate surface area is 154 Å². The van der Waals surface area contributed by atoms with E-state index in [1.54, 1.807) is 11.8 Å². The molecule has 0 atom stereocenters. The smallest absolute Gasteiger partial charge is 0.230 e. The predicted molar refractivity (Wildman–Crippen MR) is 105 cm³/mol. The number of rotatable bonds is 7. The van der Waals surface area contributed by atoms with Crippen LogP contribution in [0, 0.1) is 6.92 Å². The zero-order valence-corrected chi connectivity index (χ0v) is 15.6. The number of nitrogens with zero attached hydrogens (tertiary/aromatic N) is 1. The van der Waals surface area contributed by atoms with Crippen molar-refractivity contribution in [1.82, 2.24) is 10.2 Å². The standard InChI is InChI=1S/C21H26N2OS/c1-17-8-10-20(11-9-17)25-16-21(24)22-14-18-6-2-3-7-19(18)15-23-12-4-5-13-23/h2-3,6-11H,4-5,12-16H2,1H3,(H,22,24). The van der Waals surface area contributed by atoms with E-state index >= 15 is 0 Å². The Bertz CT molecular complexity index is 693. The van der Waals surface area contributed by atoms with Crippen molar-refractivity contribution in [2.24, 2.45) is 0 Å². The van der Waals surface area contributed by atoms with Crippen LogP contribution < -0.4 is 5.32 Å². The van der Waals surface area contributed by atoms with Gasteiger partial charge < -0.3 is 5.32 Å². The third-order valence-electron chi connectivity index (χ3n) is 4.58. The molecule has 25 heavy (non-hydrogen) atoms. The molecule has 1 aliphatic heterocycles. The number of hydrogen-bond acceptors (Lipinski definition) is 3. The maximum Gasteiger partial charge on any atom is 0.230 e. The Hall–Kier alpha value is -1.78. The summed E-state index contributed by atoms with van der Waals surface area (Å²) in [5.74, 6) is 0.540. The Morgan fingerprint density at radius 1 is 1.04 bits per heavy atom. The summed E-state index contributed by atoms with van der Waals surface area (Å²) >= 11 is 1.58. The number of carbonyl (C=O) groups excluding carboxylic acids is 1. The molecule has 0 aromatic heterocycles. The van der Waals surface area contributed by atoms with Gasteiger partial charge in [-0.1, -0.05) is 42.0 Å². The summed E-state index contributed by atoms with van der Waals surface area (Å²) in [6, 6.07) is 16.7. The predicted octanol–water partition coefficient (Wildman–Crippen LogP) is 4.00. The monoisotopic (exact) mass is 354 g/mol. The number of likely N-dealkylation sites (tertiary alicyclic amines) is 1. The normalized spacial score (nSPS) is 14.6. The second-order valence-corrected chi connectivity index (χ2v) is 7.68. The van der Waals surface area contributed by atoms with Gasteiger partial charge in [0.2, 0.25) is 5.91 Å². The third-order valence-corrected chi connectivity index (χ3v) is 5.59. The van der Waals surface area contributed by atoms with Gasteiger partial charge in [-0.2, -0.15) is 0 Å². The van der Waals surface area contributed by atoms with Crippen LogP contribution in [0.15, 0.2) is 53.4 Å². The SMILES string of the molecule is Cc1ccc(SCC(=O)NCc2ccccc2CN2CCCC2)cc1. The first-order valence-electron chi connectivity index (χ1n) is 8.96. The van der Waals surface area contributed by atoms with E-state index in [2.05, 4.69) is 65.7 Å². The van der Waals surface area contributed by atoms with Gasteiger partial charge in [0.1, 0.15) is 0 Å². The van der Waals surface area contributed by atoms with E-state index in [1.165, 1.54) is 42.6 Å². The first kappa shape index (κ1) is 18.0. The topological polar surface area (TPSA) is 32.3 Å². The molecule has 1 amide bonds. The summed E-state index contributed by atoms with van der Waals surface area (Å²) in [5, 5.41) is 3.07. The number of benzene rings is 2. The van der Waals surface area contributed by atoms with Crippen molar-refractivity contribution in [3.63, 3.8) is 0 Å². The van der Waals surface area contributed by atoms with Gasteiger partial charge in [0.05, 0.1) is 5.75 Å². The van der Waals surface area contributed by atoms with E-state index in [-0.39, 0.29) is 5.91 Å². The van der Waals surface area contributed by atoms with Gasteiger partial charge in [-0.3, -0.25) is 9.69 Å². The molecule has 132 valence electrons. The van der Waals surface area contributed by atoms with E-state index in [4.69, 9.17) is 0 Å². The van der Waals surface area contributed by atoms with Gasteiger partial charge in [0.25, 0.3) is 0 Å². The molecule has 1 aliphatic rings. The lowest BCUT2D eigenvalue weighted by atomic mass is 10.1. The number of amides is 1. The highest BCUT2D eigenvalue weighted by atomic mass is 32.2. The lowest BCUT2D eigenvalue weighted by Gasteiger charge is -2.17. The quantitative estimate of drug-likeness (QED) is 0.763. The number of thioether (sulfide) groups is 1. The van der Waals surface area contributed by atoms with Crippen LogP contribution in [0.5, 0.6) is 0 Å². The highest BCUT2D eigenvalue weighted by molar-refractivity contribution is 8.00. The van der Waals surface area contributed by atoms with Gasteiger partial charge in [0, 0.05) is 18.0 Å². The molecular formula is C21H26N2OS. The molecule has 3 nitrogen and oxygen atoms in total. The maximum absolute atomic E-state index is 12.2. The number of hydrogen-bond donors (Lipinski definition) is 1. The van der Waals surface area contributed by atoms with Gasteiger partial charge in [-0.25, -0.2) is 0 Å². The van der Waals surface area contributed by atoms with Crippen molar-refractivity contribution < 1.29 is 4.79 Å². The fourth-order valence-corrected chi connectivity index (χ4v) is 3.82. The van der Waals surface area contributed by atoms with Crippen molar-refractivity contribution in [2.75, 3.05) is 18.8 Å². The molecule has 0 radical (unpaired) electrons. The molecule has 0 bridgehead atoms. The van der Waals surface area contributed by atoms with Crippen molar-refractivity contribution in [3.05, 3.63) is 65.2 Å². The summed E-state index contributed by atoms with van der Waals surface area (Å²) in [6.45, 7) is 6.05. The van der Waals surface area contributed by atoms with Gasteiger partial charge in [0.15, 0.2) is 0 Å². The second kappa shape index (κ2) is 9.07. The maximum atomic E-state index is 12.2. The molecular weight excluding hydrogens is 328 g/mol. The molecule has 1 fully saturated rings. The molecule has 2 aromatic rings. The average Bonchev–Trinajstić information content (AvgIpc) is 3.13. The summed E-state index contributed by atoms with van der Waals surface area (Å²) < 4.78 is 0. The highest BCUT2D eigenvalue weighted by Crippen LogP contribution is 2.18. The molecule has 0 unspecified atom stereocenters. The lowest BCUT2D eigenvalue weighted by molar-refractivity contribution is -0.118. The van der Waals surface area contributed by atoms with Crippen molar-refractivity contribution in [3.8, 4) is 0 Å². The van der Waals surface area contributed by atoms with Crippen LogP contribution in [0.2, 0.25) is 0 Å². The Kier molecular flexibility index (Phi) is 6.54. The number of nitrogens with one attached hydrogen (secondary N) is 1. The van der Waals surface area contributed by atoms with Crippen LogP contribution in [0.25, 0.3) is 0 Å². The first-order valence-corrected chi connectivity index (χ1v) is 9.94. The van der Waals surface area contributed by atoms with Gasteiger partial charge in [-0.05, 0) is 56.1 Å². The molecule has 1 N–H and O–H groups in total. The van der Waals surface area contributed by atoms with E-state index < -0.39 is 0 Å². The molecule has 1 heterocycles. The Morgan fingerprint density at radius 3 is 2.44 bits per heavy atom. The minimum Gasteiger partial charge on any atom is -0.351 e. The van der Waals surface area contributed by atoms with E-state index in [0.29, 0.717) is 12.3 Å². The Balaban J connectivity index is 1.49. The number of carbonyl (C=O) groups is 1. The third kappa shape index (κ3) is 5.62. The van der Waals surface area contributed by atoms with Crippen LogP contribution in [0.3, 0.4) is 0 Å². The minimum absolute atomic E-state index is 0.0848. The van der Waals surface area contributed by atoms with Crippen molar-refractivity contribution in [2.45, 2.75) is 37.8 Å². The zero-order valence-electron chi connectivity index (χ0n) is 14.8. The van der Waals surface area contributed by atoms with E-state index in [0.717, 1.165) is 11.4 Å². The van der Waals surface area contributed by atoms with Crippen LogP contribution in [-0.4, -0.2) is 29.6 Å². The Morgan fingerprint density at radius 2 is 1.72 bits per heavy atom. The van der Waals surface area contributed by atoms with E-state index in [1.807, 2.05) is 0 Å². The van der Waals surface area contributed by atoms with Crippen LogP contribution in [-0.2, 0) is 17.9 Å². The van der Waals surface area contributed by atoms with Crippen LogP contribution in [0.4, 0.5) is 0 Å². The average molecular weight is 355 g/mol. The second-order valence-electron chi connectivity index (χ2n) is 6.63.